The van der Waals surface area contributed by atoms with Crippen molar-refractivity contribution >= 4 is 77.2 Å². The van der Waals surface area contributed by atoms with Crippen LogP contribution < -0.4 is 9.80 Å². The van der Waals surface area contributed by atoms with Gasteiger partial charge in [0, 0.05) is 22.5 Å². The Labute approximate surface area is 536 Å². The Hall–Kier alpha value is -11.8. The van der Waals surface area contributed by atoms with Crippen LogP contribution in [0.4, 0.5) is 34.1 Å². The minimum absolute atomic E-state index is 0.690. The summed E-state index contributed by atoms with van der Waals surface area (Å²) in [7, 11) is 0. The topological polar surface area (TPSA) is 6.48 Å². The third-order valence-corrected chi connectivity index (χ3v) is 19.9. The van der Waals surface area contributed by atoms with Gasteiger partial charge in [-0.3, -0.25) is 0 Å². The van der Waals surface area contributed by atoms with E-state index in [9.17, 15) is 0 Å². The zero-order chi connectivity index (χ0) is 60.7. The summed E-state index contributed by atoms with van der Waals surface area (Å²) in [5, 5.41) is 9.60. The Bertz CT molecular complexity index is 5150. The van der Waals surface area contributed by atoms with Gasteiger partial charge < -0.3 is 9.80 Å². The molecule has 430 valence electrons. The second-order valence-electron chi connectivity index (χ2n) is 24.6. The minimum Gasteiger partial charge on any atom is -0.309 e. The Kier molecular flexibility index (Phi) is 12.4. The van der Waals surface area contributed by atoms with E-state index in [1.165, 1.54) is 98.7 Å². The summed E-state index contributed by atoms with van der Waals surface area (Å²) in [6.07, 6.45) is 0. The average Bonchev–Trinajstić information content (AvgIpc) is 0.697. The molecule has 18 rings (SSSR count). The van der Waals surface area contributed by atoms with Crippen LogP contribution in [0.3, 0.4) is 0 Å². The van der Waals surface area contributed by atoms with E-state index in [2.05, 4.69) is 374 Å². The van der Waals surface area contributed by atoms with Crippen molar-refractivity contribution < 1.29 is 0 Å². The standard InChI is InChI=1S/C90H60N2/c1-7-31-66(32-8-1)89(67-33-9-2-10-34-67)80-49-21-23-53-84(80)91(70-39-15-5-16-40-70)87-76(47-27-51-82(87)89)72-43-25-45-74-78(72)60-79-73(44-26-46-75(79)86(74)64-56-55-63-57-61-29-19-20-30-62(61)58-65(63)59-64)77-48-28-52-83-88(77)92(71-41-17-6-18-42-71)85-54-24-22-50-81(85)90(83,68-35-11-3-12-36-68)69-37-13-4-14-38-69/h1-60H. The Morgan fingerprint density at radius 3 is 0.978 bits per heavy atom. The van der Waals surface area contributed by atoms with Crippen LogP contribution in [0, 0.1) is 0 Å². The number of benzene rings is 16. The molecule has 16 aromatic carbocycles. The van der Waals surface area contributed by atoms with Crippen molar-refractivity contribution in [1.82, 2.24) is 0 Å². The fourth-order valence-corrected chi connectivity index (χ4v) is 16.2. The molecule has 2 aliphatic rings. The van der Waals surface area contributed by atoms with Crippen LogP contribution in [0.15, 0.2) is 364 Å². The van der Waals surface area contributed by atoms with Gasteiger partial charge in [0.2, 0.25) is 0 Å². The predicted octanol–water partition coefficient (Wildman–Crippen LogP) is 23.6. The fraction of sp³-hybridized carbons (Fsp3) is 0.0222. The van der Waals surface area contributed by atoms with Crippen molar-refractivity contribution in [3.05, 3.63) is 408 Å². The quantitative estimate of drug-likeness (QED) is 0.133. The molecule has 0 atom stereocenters. The van der Waals surface area contributed by atoms with Gasteiger partial charge in [0.25, 0.3) is 0 Å². The van der Waals surface area contributed by atoms with E-state index in [0.717, 1.165) is 56.4 Å². The zero-order valence-corrected chi connectivity index (χ0v) is 50.5. The highest BCUT2D eigenvalue weighted by Crippen LogP contribution is 2.63. The lowest BCUT2D eigenvalue weighted by Gasteiger charge is -2.47. The molecule has 16 aromatic rings. The number of hydrogen-bond acceptors (Lipinski definition) is 2. The van der Waals surface area contributed by atoms with Gasteiger partial charge in [0.1, 0.15) is 0 Å². The van der Waals surface area contributed by atoms with E-state index in [-0.39, 0.29) is 0 Å². The fourth-order valence-electron chi connectivity index (χ4n) is 16.2. The zero-order valence-electron chi connectivity index (χ0n) is 50.5. The maximum absolute atomic E-state index is 2.54. The smallest absolute Gasteiger partial charge is 0.0742 e. The molecule has 0 bridgehead atoms. The predicted molar refractivity (Wildman–Crippen MR) is 386 cm³/mol. The molecule has 2 nitrogen and oxygen atoms in total. The summed E-state index contributed by atoms with van der Waals surface area (Å²) in [4.78, 5) is 5.09. The molecule has 0 saturated heterocycles. The number of rotatable bonds is 9. The molecule has 0 fully saturated rings. The molecule has 2 heteroatoms. The highest BCUT2D eigenvalue weighted by atomic mass is 15.2. The molecule has 0 saturated carbocycles. The summed E-state index contributed by atoms with van der Waals surface area (Å²) in [6, 6.07) is 136. The SMILES string of the molecule is c1ccc(N2c3ccccc3C(c3ccccc3)(c3ccccc3)c3cccc(-c4cccc5c(-c6ccc7cc8ccccc8cc7c6)c6cccc(-c7cccc8c7N(c7ccccc7)c7ccccc7C8(c7ccccc7)c7ccccc7)c6cc45)c32)cc1. The lowest BCUT2D eigenvalue weighted by molar-refractivity contribution is 0.731. The summed E-state index contributed by atoms with van der Waals surface area (Å²) >= 11 is 0. The lowest BCUT2D eigenvalue weighted by atomic mass is 9.62. The second-order valence-corrected chi connectivity index (χ2v) is 24.6. The highest BCUT2D eigenvalue weighted by molar-refractivity contribution is 6.21. The van der Waals surface area contributed by atoms with Gasteiger partial charge in [0.05, 0.1) is 33.6 Å². The van der Waals surface area contributed by atoms with Gasteiger partial charge in [-0.15, -0.1) is 0 Å². The van der Waals surface area contributed by atoms with Gasteiger partial charge in [0.15, 0.2) is 0 Å². The number of fused-ring (bicyclic) bond motifs is 8. The third kappa shape index (κ3) is 7.94. The van der Waals surface area contributed by atoms with Crippen LogP contribution in [0.1, 0.15) is 44.5 Å². The molecule has 92 heavy (non-hydrogen) atoms. The monoisotopic (exact) mass is 1170 g/mol. The first-order valence-electron chi connectivity index (χ1n) is 32.0. The molecule has 0 aromatic heterocycles. The Morgan fingerprint density at radius 1 is 0.207 bits per heavy atom. The maximum Gasteiger partial charge on any atom is 0.0742 e. The van der Waals surface area contributed by atoms with Gasteiger partial charge in [-0.2, -0.15) is 0 Å². The van der Waals surface area contributed by atoms with Crippen LogP contribution in [0.25, 0.3) is 76.5 Å². The molecule has 0 aliphatic carbocycles. The first-order valence-corrected chi connectivity index (χ1v) is 32.0. The normalized spacial score (nSPS) is 13.6. The van der Waals surface area contributed by atoms with Crippen molar-refractivity contribution in [3.63, 3.8) is 0 Å². The van der Waals surface area contributed by atoms with E-state index in [0.29, 0.717) is 0 Å². The van der Waals surface area contributed by atoms with E-state index < -0.39 is 10.8 Å². The lowest BCUT2D eigenvalue weighted by Crippen LogP contribution is -2.38. The summed E-state index contributed by atoms with van der Waals surface area (Å²) in [6.45, 7) is 0. The molecule has 2 heterocycles. The van der Waals surface area contributed by atoms with E-state index in [4.69, 9.17) is 0 Å². The molecule has 0 unspecified atom stereocenters. The first-order chi connectivity index (χ1) is 45.7. The second kappa shape index (κ2) is 21.4. The molecule has 0 amide bonds. The van der Waals surface area contributed by atoms with Crippen LogP contribution in [0.5, 0.6) is 0 Å². The minimum atomic E-state index is -0.690. The maximum atomic E-state index is 2.54. The van der Waals surface area contributed by atoms with Gasteiger partial charge >= 0.3 is 0 Å². The van der Waals surface area contributed by atoms with Crippen molar-refractivity contribution in [2.75, 3.05) is 9.80 Å². The Morgan fingerprint density at radius 2 is 0.543 bits per heavy atom. The molecule has 0 spiro atoms. The first kappa shape index (κ1) is 53.2. The molecule has 0 radical (unpaired) electrons. The van der Waals surface area contributed by atoms with Crippen LogP contribution in [-0.2, 0) is 10.8 Å². The van der Waals surface area contributed by atoms with Gasteiger partial charge in [-0.25, -0.2) is 0 Å². The van der Waals surface area contributed by atoms with Crippen molar-refractivity contribution in [1.29, 1.82) is 0 Å². The van der Waals surface area contributed by atoms with Crippen molar-refractivity contribution in [3.8, 4) is 33.4 Å². The Balaban J connectivity index is 0.982. The van der Waals surface area contributed by atoms with Gasteiger partial charge in [-0.1, -0.05) is 303 Å². The summed E-state index contributed by atoms with van der Waals surface area (Å²) in [5.41, 5.74) is 22.1. The highest BCUT2D eigenvalue weighted by Gasteiger charge is 2.49. The van der Waals surface area contributed by atoms with Crippen LogP contribution >= 0.6 is 0 Å². The number of anilines is 6. The van der Waals surface area contributed by atoms with Gasteiger partial charge in [-0.05, 0) is 171 Å². The molecule has 2 aliphatic heterocycles. The van der Waals surface area contributed by atoms with E-state index in [1.807, 2.05) is 0 Å². The van der Waals surface area contributed by atoms with E-state index in [1.54, 1.807) is 0 Å². The van der Waals surface area contributed by atoms with Crippen LogP contribution in [-0.4, -0.2) is 0 Å². The van der Waals surface area contributed by atoms with Crippen molar-refractivity contribution in [2.45, 2.75) is 10.8 Å². The third-order valence-electron chi connectivity index (χ3n) is 19.9. The number of nitrogens with zero attached hydrogens (tertiary/aromatic N) is 2. The largest absolute Gasteiger partial charge is 0.309 e. The number of hydrogen-bond donors (Lipinski definition) is 0. The van der Waals surface area contributed by atoms with Crippen LogP contribution in [0.2, 0.25) is 0 Å². The van der Waals surface area contributed by atoms with E-state index >= 15 is 0 Å². The average molecular weight is 1170 g/mol. The molecule has 0 N–H and O–H groups in total. The number of para-hydroxylation sites is 6. The summed E-state index contributed by atoms with van der Waals surface area (Å²) in [5.74, 6) is 0. The van der Waals surface area contributed by atoms with Crippen molar-refractivity contribution in [2.24, 2.45) is 0 Å². The molecular weight excluding hydrogens is 1110 g/mol. The summed E-state index contributed by atoms with van der Waals surface area (Å²) < 4.78 is 0. The molecular formula is C90H60N2.